The maximum Gasteiger partial charge on any atom is 0.243 e. The van der Waals surface area contributed by atoms with E-state index in [0.29, 0.717) is 18.8 Å². The third kappa shape index (κ3) is 7.56. The second-order valence-electron chi connectivity index (χ2n) is 10.6. The number of aliphatic hydroxyl groups is 1. The molecule has 0 saturated heterocycles. The first kappa shape index (κ1) is 30.1. The number of ether oxygens (including phenoxy) is 2. The van der Waals surface area contributed by atoms with Gasteiger partial charge in [-0.15, -0.1) is 0 Å². The minimum atomic E-state index is -3.90. The molecule has 0 spiro atoms. The molecular formula is C29H42N2O6S. The number of nitrogens with one attached hydrogen (secondary N) is 1. The Morgan fingerprint density at radius 3 is 2.21 bits per heavy atom. The van der Waals surface area contributed by atoms with Gasteiger partial charge in [-0.3, -0.25) is 4.79 Å². The molecule has 8 nitrogen and oxygen atoms in total. The lowest BCUT2D eigenvalue weighted by atomic mass is 9.85. The second kappa shape index (κ2) is 13.6. The molecule has 0 heterocycles. The van der Waals surface area contributed by atoms with E-state index in [-0.39, 0.29) is 29.8 Å². The molecule has 0 aliphatic heterocycles. The van der Waals surface area contributed by atoms with Crippen LogP contribution in [0.25, 0.3) is 0 Å². The van der Waals surface area contributed by atoms with Gasteiger partial charge in [0.15, 0.2) is 0 Å². The lowest BCUT2D eigenvalue weighted by molar-refractivity contribution is -0.135. The van der Waals surface area contributed by atoms with Gasteiger partial charge >= 0.3 is 0 Å². The van der Waals surface area contributed by atoms with Crippen LogP contribution in [0.5, 0.6) is 5.75 Å². The van der Waals surface area contributed by atoms with Crippen LogP contribution in [0, 0.1) is 11.3 Å². The van der Waals surface area contributed by atoms with E-state index in [2.05, 4.69) is 5.32 Å². The predicted octanol–water partition coefficient (Wildman–Crippen LogP) is 3.64. The summed E-state index contributed by atoms with van der Waals surface area (Å²) in [6.07, 6.45) is 2.59. The minimum absolute atomic E-state index is 0.0286. The zero-order chi connectivity index (χ0) is 27.8. The number of hydrogen-bond donors (Lipinski definition) is 2. The number of aliphatic hydroxyl groups excluding tert-OH is 1. The topological polar surface area (TPSA) is 105 Å². The van der Waals surface area contributed by atoms with E-state index >= 15 is 0 Å². The van der Waals surface area contributed by atoms with Crippen molar-refractivity contribution in [2.45, 2.75) is 63.0 Å². The molecule has 1 fully saturated rings. The fourth-order valence-corrected chi connectivity index (χ4v) is 6.77. The summed E-state index contributed by atoms with van der Waals surface area (Å²) >= 11 is 0. The first-order valence-corrected chi connectivity index (χ1v) is 14.7. The van der Waals surface area contributed by atoms with E-state index in [4.69, 9.17) is 9.47 Å². The molecule has 2 aromatic rings. The van der Waals surface area contributed by atoms with Crippen molar-refractivity contribution >= 4 is 15.9 Å². The summed E-state index contributed by atoms with van der Waals surface area (Å²) in [7, 11) is -0.785. The lowest BCUT2D eigenvalue weighted by Crippen LogP contribution is -2.54. The van der Waals surface area contributed by atoms with Crippen molar-refractivity contribution in [3.05, 3.63) is 60.2 Å². The van der Waals surface area contributed by atoms with Gasteiger partial charge in [0.1, 0.15) is 5.75 Å². The quantitative estimate of drug-likeness (QED) is 0.375. The van der Waals surface area contributed by atoms with Gasteiger partial charge in [0.05, 0.1) is 36.2 Å². The summed E-state index contributed by atoms with van der Waals surface area (Å²) in [5.74, 6) is 0.438. The highest BCUT2D eigenvalue weighted by Crippen LogP contribution is 2.38. The average molecular weight is 547 g/mol. The van der Waals surface area contributed by atoms with Crippen LogP contribution in [0.2, 0.25) is 0 Å². The summed E-state index contributed by atoms with van der Waals surface area (Å²) in [6, 6.07) is 15.1. The van der Waals surface area contributed by atoms with Gasteiger partial charge in [-0.2, -0.15) is 4.31 Å². The number of carbonyl (C=O) groups is 1. The van der Waals surface area contributed by atoms with Crippen LogP contribution in [-0.4, -0.2) is 69.8 Å². The van der Waals surface area contributed by atoms with E-state index in [1.807, 2.05) is 44.2 Å². The van der Waals surface area contributed by atoms with Crippen molar-refractivity contribution in [2.75, 3.05) is 33.9 Å². The highest BCUT2D eigenvalue weighted by Gasteiger charge is 2.43. The summed E-state index contributed by atoms with van der Waals surface area (Å²) < 4.78 is 39.1. The predicted molar refractivity (Wildman–Crippen MR) is 147 cm³/mol. The molecule has 1 amide bonds. The Morgan fingerprint density at radius 2 is 1.66 bits per heavy atom. The number of hydrogen-bond acceptors (Lipinski definition) is 6. The second-order valence-corrected chi connectivity index (χ2v) is 12.6. The van der Waals surface area contributed by atoms with Crippen LogP contribution in [0.15, 0.2) is 59.5 Å². The van der Waals surface area contributed by atoms with Gasteiger partial charge in [0.2, 0.25) is 15.9 Å². The number of nitrogens with zero attached hydrogens (tertiary/aromatic N) is 1. The first-order chi connectivity index (χ1) is 18.1. The van der Waals surface area contributed by atoms with Crippen molar-refractivity contribution in [3.8, 4) is 5.75 Å². The number of sulfonamides is 1. The van der Waals surface area contributed by atoms with Gasteiger partial charge in [-0.05, 0) is 55.0 Å². The van der Waals surface area contributed by atoms with E-state index in [0.717, 1.165) is 31.2 Å². The smallest absolute Gasteiger partial charge is 0.243 e. The molecule has 0 radical (unpaired) electrons. The van der Waals surface area contributed by atoms with Gasteiger partial charge in [0, 0.05) is 20.2 Å². The van der Waals surface area contributed by atoms with E-state index in [1.165, 1.54) is 23.5 Å². The van der Waals surface area contributed by atoms with E-state index in [9.17, 15) is 18.3 Å². The molecule has 1 aliphatic carbocycles. The molecular weight excluding hydrogens is 504 g/mol. The molecule has 2 atom stereocenters. The van der Waals surface area contributed by atoms with E-state index in [1.54, 1.807) is 19.2 Å². The van der Waals surface area contributed by atoms with Crippen LogP contribution in [0.4, 0.5) is 0 Å². The molecule has 9 heteroatoms. The Kier molecular flexibility index (Phi) is 10.7. The lowest BCUT2D eigenvalue weighted by Gasteiger charge is -2.34. The largest absolute Gasteiger partial charge is 0.497 e. The first-order valence-electron chi connectivity index (χ1n) is 13.3. The van der Waals surface area contributed by atoms with Crippen LogP contribution < -0.4 is 10.1 Å². The maximum atomic E-state index is 13.6. The molecule has 210 valence electrons. The molecule has 1 saturated carbocycles. The van der Waals surface area contributed by atoms with Crippen molar-refractivity contribution in [1.82, 2.24) is 9.62 Å². The standard InChI is InChI=1S/C29H42N2O6S/c1-22(2)19-31(38(34,35)25-14-12-24(37-4)13-15-25)20-27(32)26(18-23-10-6-5-7-11-23)30-28(33)29(21-36-3)16-8-9-17-29/h5-7,10-15,22,26-27,32H,8-9,16-21H2,1-4H3,(H,30,33)/t26-,27+/m1/s1. The van der Waals surface area contributed by atoms with Crippen LogP contribution in [0.3, 0.4) is 0 Å². The third-order valence-electron chi connectivity index (χ3n) is 7.20. The Morgan fingerprint density at radius 1 is 1.03 bits per heavy atom. The monoisotopic (exact) mass is 546 g/mol. The van der Waals surface area contributed by atoms with Crippen LogP contribution in [0.1, 0.15) is 45.1 Å². The normalized spacial score (nSPS) is 16.9. The Hall–Kier alpha value is -2.46. The summed E-state index contributed by atoms with van der Waals surface area (Å²) in [5.41, 5.74) is 0.313. The van der Waals surface area contributed by atoms with Crippen molar-refractivity contribution in [1.29, 1.82) is 0 Å². The van der Waals surface area contributed by atoms with E-state index < -0.39 is 27.6 Å². The van der Waals surface area contributed by atoms with Crippen LogP contribution in [-0.2, 0) is 26.0 Å². The third-order valence-corrected chi connectivity index (χ3v) is 9.04. The Bertz CT molecular complexity index is 1120. The van der Waals surface area contributed by atoms with Crippen molar-refractivity contribution < 1.29 is 27.8 Å². The number of benzene rings is 2. The Labute approximate surface area is 227 Å². The molecule has 0 bridgehead atoms. The number of amides is 1. The SMILES string of the molecule is COCC1(C(=O)N[C@H](Cc2ccccc2)[C@@H](O)CN(CC(C)C)S(=O)(=O)c2ccc(OC)cc2)CCCC1. The van der Waals surface area contributed by atoms with Gasteiger partial charge in [-0.1, -0.05) is 57.0 Å². The number of carbonyl (C=O) groups excluding carboxylic acids is 1. The Balaban J connectivity index is 1.88. The molecule has 1 aliphatic rings. The van der Waals surface area contributed by atoms with Crippen LogP contribution >= 0.6 is 0 Å². The molecule has 0 aromatic heterocycles. The molecule has 2 N–H and O–H groups in total. The highest BCUT2D eigenvalue weighted by molar-refractivity contribution is 7.89. The number of rotatable bonds is 14. The average Bonchev–Trinajstić information content (AvgIpc) is 3.38. The summed E-state index contributed by atoms with van der Waals surface area (Å²) in [4.78, 5) is 13.7. The fourth-order valence-electron chi connectivity index (χ4n) is 5.15. The van der Waals surface area contributed by atoms with Gasteiger partial charge in [-0.25, -0.2) is 8.42 Å². The minimum Gasteiger partial charge on any atom is -0.497 e. The maximum absolute atomic E-state index is 13.6. The molecule has 2 aromatic carbocycles. The summed E-state index contributed by atoms with van der Waals surface area (Å²) in [6.45, 7) is 4.26. The highest BCUT2D eigenvalue weighted by atomic mass is 32.2. The zero-order valence-electron chi connectivity index (χ0n) is 22.9. The van der Waals surface area contributed by atoms with Crippen molar-refractivity contribution in [3.63, 3.8) is 0 Å². The zero-order valence-corrected chi connectivity index (χ0v) is 23.7. The van der Waals surface area contributed by atoms with Gasteiger partial charge in [0.25, 0.3) is 0 Å². The van der Waals surface area contributed by atoms with Gasteiger partial charge < -0.3 is 19.9 Å². The van der Waals surface area contributed by atoms with Crippen molar-refractivity contribution in [2.24, 2.45) is 11.3 Å². The molecule has 0 unspecified atom stereocenters. The molecule has 38 heavy (non-hydrogen) atoms. The fraction of sp³-hybridized carbons (Fsp3) is 0.552. The number of methoxy groups -OCH3 is 2. The summed E-state index contributed by atoms with van der Waals surface area (Å²) in [5, 5.41) is 14.6. The molecule has 3 rings (SSSR count).